The van der Waals surface area contributed by atoms with Crippen LogP contribution >= 0.6 is 0 Å². The number of Topliss-reactive ketones (excluding diaryl/α,β-unsaturated/α-hetero) is 2. The number of hydrogen-bond acceptors (Lipinski definition) is 5. The summed E-state index contributed by atoms with van der Waals surface area (Å²) in [7, 11) is 1.59. The lowest BCUT2D eigenvalue weighted by Gasteiger charge is -2.34. The highest BCUT2D eigenvalue weighted by Gasteiger charge is 2.36. The zero-order chi connectivity index (χ0) is 25.2. The summed E-state index contributed by atoms with van der Waals surface area (Å²) < 4.78 is 5.39. The van der Waals surface area contributed by atoms with Crippen LogP contribution in [0.1, 0.15) is 75.7 Å². The maximum atomic E-state index is 13.2. The third kappa shape index (κ3) is 6.11. The number of carbonyl (C=O) groups excluding carboxylic acids is 3. The Morgan fingerprint density at radius 3 is 2.69 bits per heavy atom. The lowest BCUT2D eigenvalue weighted by atomic mass is 9.71. The summed E-state index contributed by atoms with van der Waals surface area (Å²) >= 11 is 0. The van der Waals surface area contributed by atoms with Crippen LogP contribution in [0.15, 0.2) is 24.3 Å². The molecule has 2 aromatic rings. The van der Waals surface area contributed by atoms with Crippen molar-refractivity contribution in [3.63, 3.8) is 0 Å². The number of fused-ring (bicyclic) bond motifs is 1. The number of methoxy groups -OCH3 is 1. The standard InChI is InChI=1S/C28H35N3O4/c1-28(2)10-9-18(25(33)15-28)12-20(16-29)30-27(34)19(11-17-7-8-17)13-24(32)23-14-21-22(31-23)5-4-6-26(21)35-3/h4-6,14,17-20,31H,7-13,15H2,1-3H3,(H,30,34)/t18?,19-,20?/m1/s1. The predicted molar refractivity (Wildman–Crippen MR) is 133 cm³/mol. The van der Waals surface area contributed by atoms with Gasteiger partial charge in [-0.3, -0.25) is 14.4 Å². The van der Waals surface area contributed by atoms with Crippen molar-refractivity contribution in [1.29, 1.82) is 5.26 Å². The molecule has 0 aliphatic heterocycles. The van der Waals surface area contributed by atoms with Gasteiger partial charge in [0.2, 0.25) is 5.91 Å². The van der Waals surface area contributed by atoms with Crippen LogP contribution < -0.4 is 10.1 Å². The Bertz CT molecular complexity index is 1150. The molecule has 3 atom stereocenters. The van der Waals surface area contributed by atoms with Crippen molar-refractivity contribution in [2.24, 2.45) is 23.2 Å². The molecule has 1 aromatic heterocycles. The first kappa shape index (κ1) is 25.0. The first-order valence-electron chi connectivity index (χ1n) is 12.6. The molecule has 2 unspecified atom stereocenters. The van der Waals surface area contributed by atoms with Crippen LogP contribution in [0.25, 0.3) is 10.9 Å². The highest BCUT2D eigenvalue weighted by molar-refractivity contribution is 6.02. The van der Waals surface area contributed by atoms with Crippen LogP contribution in [0.3, 0.4) is 0 Å². The molecule has 2 aliphatic carbocycles. The second kappa shape index (κ2) is 10.2. The van der Waals surface area contributed by atoms with Crippen molar-refractivity contribution in [3.8, 4) is 11.8 Å². The summed E-state index contributed by atoms with van der Waals surface area (Å²) in [6.45, 7) is 4.18. The molecule has 0 spiro atoms. The summed E-state index contributed by atoms with van der Waals surface area (Å²) in [5, 5.41) is 13.4. The number of nitrogens with one attached hydrogen (secondary N) is 2. The second-order valence-electron chi connectivity index (χ2n) is 11.1. The van der Waals surface area contributed by atoms with E-state index in [1.54, 1.807) is 13.2 Å². The van der Waals surface area contributed by atoms with Gasteiger partial charge in [0.15, 0.2) is 5.78 Å². The highest BCUT2D eigenvalue weighted by Crippen LogP contribution is 2.38. The van der Waals surface area contributed by atoms with E-state index in [-0.39, 0.29) is 35.2 Å². The number of ether oxygens (including phenoxy) is 1. The summed E-state index contributed by atoms with van der Waals surface area (Å²) in [6, 6.07) is 8.80. The fourth-order valence-corrected chi connectivity index (χ4v) is 5.23. The molecule has 2 aliphatic rings. The Hall–Kier alpha value is -3.14. The maximum Gasteiger partial charge on any atom is 0.224 e. The van der Waals surface area contributed by atoms with Crippen molar-refractivity contribution >= 4 is 28.4 Å². The molecule has 0 bridgehead atoms. The van der Waals surface area contributed by atoms with E-state index in [2.05, 4.69) is 30.2 Å². The largest absolute Gasteiger partial charge is 0.496 e. The van der Waals surface area contributed by atoms with E-state index in [4.69, 9.17) is 4.74 Å². The van der Waals surface area contributed by atoms with Crippen LogP contribution in [-0.4, -0.2) is 35.6 Å². The van der Waals surface area contributed by atoms with Gasteiger partial charge in [-0.25, -0.2) is 0 Å². The normalized spacial score (nSPS) is 21.2. The average molecular weight is 478 g/mol. The number of amides is 1. The van der Waals surface area contributed by atoms with Crippen LogP contribution in [-0.2, 0) is 9.59 Å². The molecule has 0 radical (unpaired) electrons. The number of aromatic nitrogens is 1. The van der Waals surface area contributed by atoms with Crippen molar-refractivity contribution in [2.45, 2.75) is 71.3 Å². The van der Waals surface area contributed by atoms with Crippen molar-refractivity contribution < 1.29 is 19.1 Å². The van der Waals surface area contributed by atoms with Crippen molar-refractivity contribution in [1.82, 2.24) is 10.3 Å². The number of H-pyrrole nitrogens is 1. The summed E-state index contributed by atoms with van der Waals surface area (Å²) in [5.74, 6) is 0.204. The molecule has 1 aromatic carbocycles. The van der Waals surface area contributed by atoms with E-state index in [1.165, 1.54) is 0 Å². The Morgan fingerprint density at radius 2 is 2.03 bits per heavy atom. The van der Waals surface area contributed by atoms with Gasteiger partial charge in [-0.2, -0.15) is 5.26 Å². The van der Waals surface area contributed by atoms with Crippen LogP contribution in [0.5, 0.6) is 5.75 Å². The molecule has 2 fully saturated rings. The Kier molecular flexibility index (Phi) is 7.30. The van der Waals surface area contributed by atoms with E-state index in [0.717, 1.165) is 36.6 Å². The first-order chi connectivity index (χ1) is 16.7. The minimum absolute atomic E-state index is 0.00132. The smallest absolute Gasteiger partial charge is 0.224 e. The zero-order valence-electron chi connectivity index (χ0n) is 20.9. The van der Waals surface area contributed by atoms with Gasteiger partial charge < -0.3 is 15.0 Å². The van der Waals surface area contributed by atoms with Crippen molar-refractivity contribution in [3.05, 3.63) is 30.0 Å². The first-order valence-corrected chi connectivity index (χ1v) is 12.6. The number of nitrogens with zero attached hydrogens (tertiary/aromatic N) is 1. The molecule has 1 amide bonds. The third-order valence-corrected chi connectivity index (χ3v) is 7.53. The number of hydrogen-bond donors (Lipinski definition) is 2. The van der Waals surface area contributed by atoms with Gasteiger partial charge in [-0.1, -0.05) is 32.8 Å². The number of aromatic amines is 1. The highest BCUT2D eigenvalue weighted by atomic mass is 16.5. The van der Waals surface area contributed by atoms with Crippen molar-refractivity contribution in [2.75, 3.05) is 7.11 Å². The van der Waals surface area contributed by atoms with E-state index < -0.39 is 12.0 Å². The minimum Gasteiger partial charge on any atom is -0.496 e. The molecule has 1 heterocycles. The van der Waals surface area contributed by atoms with Crippen LogP contribution in [0.2, 0.25) is 0 Å². The topological polar surface area (TPSA) is 112 Å². The van der Waals surface area contributed by atoms with Gasteiger partial charge >= 0.3 is 0 Å². The molecule has 7 nitrogen and oxygen atoms in total. The van der Waals surface area contributed by atoms with Crippen LogP contribution in [0.4, 0.5) is 0 Å². The van der Waals surface area contributed by atoms with E-state index >= 15 is 0 Å². The van der Waals surface area contributed by atoms with Gasteiger partial charge in [0.25, 0.3) is 0 Å². The van der Waals surface area contributed by atoms with Gasteiger partial charge in [0.1, 0.15) is 17.6 Å². The number of ketones is 2. The number of nitriles is 1. The molecule has 186 valence electrons. The average Bonchev–Trinajstić information content (AvgIpc) is 3.52. The molecule has 2 saturated carbocycles. The fourth-order valence-electron chi connectivity index (χ4n) is 5.23. The Labute approximate surface area is 206 Å². The lowest BCUT2D eigenvalue weighted by molar-refractivity contribution is -0.129. The van der Waals surface area contributed by atoms with E-state index in [0.29, 0.717) is 36.6 Å². The molecule has 2 N–H and O–H groups in total. The Balaban J connectivity index is 1.42. The summed E-state index contributed by atoms with van der Waals surface area (Å²) in [5.41, 5.74) is 1.26. The summed E-state index contributed by atoms with van der Waals surface area (Å²) in [6.07, 6.45) is 5.37. The molecule has 0 saturated heterocycles. The van der Waals surface area contributed by atoms with E-state index in [1.807, 2.05) is 18.2 Å². The van der Waals surface area contributed by atoms with E-state index in [9.17, 15) is 19.6 Å². The molecular formula is C28H35N3O4. The van der Waals surface area contributed by atoms with Crippen LogP contribution in [0, 0.1) is 34.5 Å². The molecule has 7 heteroatoms. The SMILES string of the molecule is COc1cccc2[nH]c(C(=O)C[C@@H](CC3CC3)C(=O)NC(C#N)CC3CCC(C)(C)CC3=O)cc12. The number of benzene rings is 1. The molecule has 35 heavy (non-hydrogen) atoms. The monoisotopic (exact) mass is 477 g/mol. The maximum absolute atomic E-state index is 13.2. The predicted octanol–water partition coefficient (Wildman–Crippen LogP) is 4.96. The van der Waals surface area contributed by atoms with Gasteiger partial charge in [0.05, 0.1) is 18.9 Å². The quantitative estimate of drug-likeness (QED) is 0.470. The molecular weight excluding hydrogens is 442 g/mol. The van der Waals surface area contributed by atoms with Gasteiger partial charge in [-0.15, -0.1) is 0 Å². The van der Waals surface area contributed by atoms with Gasteiger partial charge in [-0.05, 0) is 55.2 Å². The number of rotatable bonds is 10. The lowest BCUT2D eigenvalue weighted by Crippen LogP contribution is -2.42. The second-order valence-corrected chi connectivity index (χ2v) is 11.1. The zero-order valence-corrected chi connectivity index (χ0v) is 20.9. The van der Waals surface area contributed by atoms with Gasteiger partial charge in [0, 0.05) is 35.6 Å². The summed E-state index contributed by atoms with van der Waals surface area (Å²) in [4.78, 5) is 42.1. The third-order valence-electron chi connectivity index (χ3n) is 7.53. The Morgan fingerprint density at radius 1 is 1.26 bits per heavy atom. The fraction of sp³-hybridized carbons (Fsp3) is 0.571. The molecule has 4 rings (SSSR count). The minimum atomic E-state index is -0.730. The number of carbonyl (C=O) groups is 3.